The Morgan fingerprint density at radius 3 is 2.89 bits per heavy atom. The zero-order valence-electron chi connectivity index (χ0n) is 10.4. The molecule has 2 rings (SSSR count). The van der Waals surface area contributed by atoms with Crippen LogP contribution in [0.15, 0.2) is 22.7 Å². The van der Waals surface area contributed by atoms with E-state index in [2.05, 4.69) is 21.2 Å². The average molecular weight is 328 g/mol. The summed E-state index contributed by atoms with van der Waals surface area (Å²) in [6.07, 6.45) is 0.702. The highest BCUT2D eigenvalue weighted by Crippen LogP contribution is 2.24. The summed E-state index contributed by atoms with van der Waals surface area (Å²) in [6, 6.07) is 5.01. The minimum absolute atomic E-state index is 0.138. The molecule has 102 valence electrons. The highest BCUT2D eigenvalue weighted by Gasteiger charge is 2.25. The summed E-state index contributed by atoms with van der Waals surface area (Å²) >= 11 is 3.31. The Morgan fingerprint density at radius 2 is 2.26 bits per heavy atom. The first-order valence-corrected chi connectivity index (χ1v) is 6.67. The molecule has 6 heteroatoms. The Bertz CT molecular complexity index is 497. The lowest BCUT2D eigenvalue weighted by Gasteiger charge is -2.12. The molecule has 1 heterocycles. The summed E-state index contributed by atoms with van der Waals surface area (Å²) in [5.41, 5.74) is 0.774. The van der Waals surface area contributed by atoms with E-state index in [1.165, 1.54) is 7.11 Å². The number of anilines is 1. The van der Waals surface area contributed by atoms with Gasteiger partial charge in [0.1, 0.15) is 0 Å². The molecule has 1 unspecified atom stereocenters. The summed E-state index contributed by atoms with van der Waals surface area (Å²) in [4.78, 5) is 23.7. The summed E-state index contributed by atoms with van der Waals surface area (Å²) in [6.45, 7) is 1.02. The third-order valence-corrected chi connectivity index (χ3v) is 3.44. The SMILES string of the molecule is COC(=O)c1ccc(Br)cc1NC(=O)C1CCOC1. The predicted octanol–water partition coefficient (Wildman–Crippen LogP) is 2.21. The molecule has 0 spiro atoms. The molecule has 1 aromatic carbocycles. The van der Waals surface area contributed by atoms with Crippen LogP contribution in [-0.4, -0.2) is 32.2 Å². The van der Waals surface area contributed by atoms with E-state index < -0.39 is 5.97 Å². The lowest BCUT2D eigenvalue weighted by molar-refractivity contribution is -0.119. The lowest BCUT2D eigenvalue weighted by Crippen LogP contribution is -2.24. The van der Waals surface area contributed by atoms with E-state index in [1.807, 2.05) is 0 Å². The first kappa shape index (κ1) is 14.0. The number of carbonyl (C=O) groups excluding carboxylic acids is 2. The van der Waals surface area contributed by atoms with Crippen LogP contribution in [0.5, 0.6) is 0 Å². The van der Waals surface area contributed by atoms with E-state index in [0.717, 1.165) is 4.47 Å². The van der Waals surface area contributed by atoms with E-state index in [1.54, 1.807) is 18.2 Å². The molecule has 1 amide bonds. The van der Waals surface area contributed by atoms with Gasteiger partial charge in [0.2, 0.25) is 5.91 Å². The molecule has 1 fully saturated rings. The number of methoxy groups -OCH3 is 1. The van der Waals surface area contributed by atoms with Crippen molar-refractivity contribution in [2.75, 3.05) is 25.6 Å². The van der Waals surface area contributed by atoms with Crippen molar-refractivity contribution in [2.24, 2.45) is 5.92 Å². The average Bonchev–Trinajstić information content (AvgIpc) is 2.92. The Morgan fingerprint density at radius 1 is 1.47 bits per heavy atom. The predicted molar refractivity (Wildman–Crippen MR) is 73.0 cm³/mol. The van der Waals surface area contributed by atoms with E-state index >= 15 is 0 Å². The zero-order valence-corrected chi connectivity index (χ0v) is 12.0. The second-order valence-electron chi connectivity index (χ2n) is 4.23. The smallest absolute Gasteiger partial charge is 0.339 e. The molecule has 0 saturated carbocycles. The number of nitrogens with one attached hydrogen (secondary N) is 1. The largest absolute Gasteiger partial charge is 0.465 e. The van der Waals surface area contributed by atoms with Gasteiger partial charge in [-0.15, -0.1) is 0 Å². The number of rotatable bonds is 3. The maximum atomic E-state index is 12.0. The maximum Gasteiger partial charge on any atom is 0.339 e. The fourth-order valence-electron chi connectivity index (χ4n) is 1.88. The first-order chi connectivity index (χ1) is 9.11. The van der Waals surface area contributed by atoms with Crippen molar-refractivity contribution >= 4 is 33.5 Å². The van der Waals surface area contributed by atoms with Gasteiger partial charge in [-0.3, -0.25) is 4.79 Å². The van der Waals surface area contributed by atoms with Crippen LogP contribution in [0.1, 0.15) is 16.8 Å². The van der Waals surface area contributed by atoms with Gasteiger partial charge in [-0.25, -0.2) is 4.79 Å². The molecule has 1 atom stereocenters. The number of ether oxygens (including phenoxy) is 2. The van der Waals surface area contributed by atoms with Gasteiger partial charge in [0.25, 0.3) is 0 Å². The van der Waals surface area contributed by atoms with Crippen LogP contribution < -0.4 is 5.32 Å². The van der Waals surface area contributed by atoms with Crippen LogP contribution in [0.3, 0.4) is 0 Å². The monoisotopic (exact) mass is 327 g/mol. The molecular formula is C13H14BrNO4. The molecule has 5 nitrogen and oxygen atoms in total. The number of amides is 1. The summed E-state index contributed by atoms with van der Waals surface area (Å²) < 4.78 is 10.6. The minimum atomic E-state index is -0.481. The van der Waals surface area contributed by atoms with Gasteiger partial charge in [0.05, 0.1) is 30.9 Å². The van der Waals surface area contributed by atoms with E-state index in [-0.39, 0.29) is 11.8 Å². The molecule has 0 radical (unpaired) electrons. The summed E-state index contributed by atoms with van der Waals surface area (Å²) in [5, 5.41) is 2.76. The van der Waals surface area contributed by atoms with Crippen LogP contribution >= 0.6 is 15.9 Å². The lowest BCUT2D eigenvalue weighted by atomic mass is 10.1. The van der Waals surface area contributed by atoms with Crippen molar-refractivity contribution < 1.29 is 19.1 Å². The van der Waals surface area contributed by atoms with E-state index in [0.29, 0.717) is 30.9 Å². The van der Waals surface area contributed by atoms with Gasteiger partial charge in [0, 0.05) is 11.1 Å². The number of hydrogen-bond acceptors (Lipinski definition) is 4. The number of carbonyl (C=O) groups is 2. The van der Waals surface area contributed by atoms with Crippen LogP contribution in [0.4, 0.5) is 5.69 Å². The maximum absolute atomic E-state index is 12.0. The fourth-order valence-corrected chi connectivity index (χ4v) is 2.25. The van der Waals surface area contributed by atoms with E-state index in [9.17, 15) is 9.59 Å². The molecule has 1 aromatic rings. The first-order valence-electron chi connectivity index (χ1n) is 5.88. The summed E-state index contributed by atoms with van der Waals surface area (Å²) in [5.74, 6) is -0.782. The molecular weight excluding hydrogens is 314 g/mol. The molecule has 0 aliphatic carbocycles. The minimum Gasteiger partial charge on any atom is -0.465 e. The second-order valence-corrected chi connectivity index (χ2v) is 5.15. The van der Waals surface area contributed by atoms with Crippen LogP contribution in [0.2, 0.25) is 0 Å². The van der Waals surface area contributed by atoms with Gasteiger partial charge in [-0.2, -0.15) is 0 Å². The van der Waals surface area contributed by atoms with Crippen LogP contribution in [0.25, 0.3) is 0 Å². The van der Waals surface area contributed by atoms with Crippen molar-refractivity contribution in [3.8, 4) is 0 Å². The van der Waals surface area contributed by atoms with Crippen molar-refractivity contribution in [1.82, 2.24) is 0 Å². The highest BCUT2D eigenvalue weighted by atomic mass is 79.9. The molecule has 1 N–H and O–H groups in total. The number of halogens is 1. The van der Waals surface area contributed by atoms with Crippen molar-refractivity contribution in [2.45, 2.75) is 6.42 Å². The third-order valence-electron chi connectivity index (χ3n) is 2.95. The van der Waals surface area contributed by atoms with Crippen molar-refractivity contribution in [3.05, 3.63) is 28.2 Å². The molecule has 19 heavy (non-hydrogen) atoms. The molecule has 0 aromatic heterocycles. The van der Waals surface area contributed by atoms with Gasteiger partial charge < -0.3 is 14.8 Å². The topological polar surface area (TPSA) is 64.6 Å². The quantitative estimate of drug-likeness (QED) is 0.864. The third kappa shape index (κ3) is 3.33. The highest BCUT2D eigenvalue weighted by molar-refractivity contribution is 9.10. The zero-order chi connectivity index (χ0) is 13.8. The van der Waals surface area contributed by atoms with Crippen molar-refractivity contribution in [1.29, 1.82) is 0 Å². The normalized spacial score (nSPS) is 18.1. The Hall–Kier alpha value is -1.40. The second kappa shape index (κ2) is 6.16. The summed E-state index contributed by atoms with van der Waals surface area (Å²) in [7, 11) is 1.31. The van der Waals surface area contributed by atoms with Gasteiger partial charge in [0.15, 0.2) is 0 Å². The van der Waals surface area contributed by atoms with Gasteiger partial charge in [-0.1, -0.05) is 15.9 Å². The Labute approximate surface area is 119 Å². The molecule has 0 bridgehead atoms. The standard InChI is InChI=1S/C13H14BrNO4/c1-18-13(17)10-3-2-9(14)6-11(10)15-12(16)8-4-5-19-7-8/h2-3,6,8H,4-5,7H2,1H3,(H,15,16). The van der Waals surface area contributed by atoms with Crippen molar-refractivity contribution in [3.63, 3.8) is 0 Å². The number of esters is 1. The number of benzene rings is 1. The van der Waals surface area contributed by atoms with Crippen LogP contribution in [-0.2, 0) is 14.3 Å². The Kier molecular flexibility index (Phi) is 4.55. The Balaban J connectivity index is 2.20. The molecule has 1 aliphatic heterocycles. The van der Waals surface area contributed by atoms with Gasteiger partial charge >= 0.3 is 5.97 Å². The van der Waals surface area contributed by atoms with E-state index in [4.69, 9.17) is 9.47 Å². The van der Waals surface area contributed by atoms with Gasteiger partial charge in [-0.05, 0) is 24.6 Å². The molecule has 1 saturated heterocycles. The molecule has 1 aliphatic rings. The van der Waals surface area contributed by atoms with Crippen LogP contribution in [0, 0.1) is 5.92 Å². The number of hydrogen-bond donors (Lipinski definition) is 1. The fraction of sp³-hybridized carbons (Fsp3) is 0.385.